The van der Waals surface area contributed by atoms with Gasteiger partial charge in [-0.2, -0.15) is 10.1 Å². The molecular formula is C17H18FN5O2. The molecule has 0 spiro atoms. The molecule has 0 aliphatic carbocycles. The van der Waals surface area contributed by atoms with E-state index in [9.17, 15) is 9.18 Å². The maximum atomic E-state index is 12.9. The number of carbonyl (C=O) groups is 1. The van der Waals surface area contributed by atoms with E-state index in [1.807, 2.05) is 30.8 Å². The smallest absolute Gasteiger partial charge is 0.316 e. The summed E-state index contributed by atoms with van der Waals surface area (Å²) >= 11 is 0. The number of aromatic nitrogens is 4. The van der Waals surface area contributed by atoms with E-state index in [1.165, 1.54) is 24.3 Å². The van der Waals surface area contributed by atoms with Gasteiger partial charge < -0.3 is 9.84 Å². The highest BCUT2D eigenvalue weighted by Gasteiger charge is 2.17. The first-order chi connectivity index (χ1) is 12.0. The van der Waals surface area contributed by atoms with Crippen LogP contribution in [0.4, 0.5) is 4.39 Å². The second-order valence-electron chi connectivity index (χ2n) is 5.92. The molecule has 1 atom stereocenters. The summed E-state index contributed by atoms with van der Waals surface area (Å²) in [5, 5.41) is 10.8. The lowest BCUT2D eigenvalue weighted by Gasteiger charge is -2.11. The maximum absolute atomic E-state index is 12.9. The van der Waals surface area contributed by atoms with E-state index in [-0.39, 0.29) is 23.5 Å². The van der Waals surface area contributed by atoms with Crippen LogP contribution < -0.4 is 5.32 Å². The Hall–Kier alpha value is -3.03. The Morgan fingerprint density at radius 3 is 2.76 bits per heavy atom. The van der Waals surface area contributed by atoms with Crippen LogP contribution in [0, 0.1) is 18.7 Å². The van der Waals surface area contributed by atoms with Gasteiger partial charge in [-0.25, -0.2) is 4.39 Å². The lowest BCUT2D eigenvalue weighted by Crippen LogP contribution is -2.30. The van der Waals surface area contributed by atoms with Crippen LogP contribution in [0.3, 0.4) is 0 Å². The predicted molar refractivity (Wildman–Crippen MR) is 88.2 cm³/mol. The summed E-state index contributed by atoms with van der Waals surface area (Å²) in [5.74, 6) is -0.495. The van der Waals surface area contributed by atoms with Crippen molar-refractivity contribution in [2.45, 2.75) is 20.4 Å². The van der Waals surface area contributed by atoms with Gasteiger partial charge >= 0.3 is 11.8 Å². The van der Waals surface area contributed by atoms with Gasteiger partial charge in [0.25, 0.3) is 0 Å². The molecule has 0 radical (unpaired) electrons. The quantitative estimate of drug-likeness (QED) is 0.743. The van der Waals surface area contributed by atoms with Crippen LogP contribution in [0.15, 0.2) is 41.1 Å². The molecule has 3 aromatic rings. The fourth-order valence-electron chi connectivity index (χ4n) is 2.32. The van der Waals surface area contributed by atoms with Gasteiger partial charge in [-0.15, -0.1) is 0 Å². The fourth-order valence-corrected chi connectivity index (χ4v) is 2.32. The largest absolute Gasteiger partial charge is 0.347 e. The molecule has 25 heavy (non-hydrogen) atoms. The van der Waals surface area contributed by atoms with Gasteiger partial charge in [0.2, 0.25) is 5.82 Å². The summed E-state index contributed by atoms with van der Waals surface area (Å²) in [6.07, 6.45) is 1.90. The van der Waals surface area contributed by atoms with Gasteiger partial charge in [0.15, 0.2) is 0 Å². The fraction of sp³-hybridized carbons (Fsp3) is 0.294. The standard InChI is InChI=1S/C17H18FN5O2/c1-11(10-23-8-7-12(2)21-23)9-19-16(24)17-20-15(22-25-17)13-3-5-14(18)6-4-13/h3-8,11H,9-10H2,1-2H3,(H,19,24)/t11-/m1/s1. The Morgan fingerprint density at radius 2 is 2.08 bits per heavy atom. The Kier molecular flexibility index (Phi) is 4.87. The molecule has 3 rings (SSSR count). The number of nitrogens with zero attached hydrogens (tertiary/aromatic N) is 4. The number of benzene rings is 1. The van der Waals surface area contributed by atoms with Gasteiger partial charge in [0.05, 0.1) is 5.69 Å². The van der Waals surface area contributed by atoms with Gasteiger partial charge in [0.1, 0.15) is 5.82 Å². The summed E-state index contributed by atoms with van der Waals surface area (Å²) in [4.78, 5) is 16.2. The van der Waals surface area contributed by atoms with Crippen molar-refractivity contribution in [1.29, 1.82) is 0 Å². The van der Waals surface area contributed by atoms with Gasteiger partial charge in [-0.3, -0.25) is 9.48 Å². The van der Waals surface area contributed by atoms with Gasteiger partial charge in [0, 0.05) is 24.8 Å². The predicted octanol–water partition coefficient (Wildman–Crippen LogP) is 2.45. The zero-order chi connectivity index (χ0) is 17.8. The van der Waals surface area contributed by atoms with Crippen molar-refractivity contribution < 1.29 is 13.7 Å². The van der Waals surface area contributed by atoms with Crippen LogP contribution in [0.2, 0.25) is 0 Å². The number of aryl methyl sites for hydroxylation is 1. The van der Waals surface area contributed by atoms with Crippen LogP contribution in [-0.2, 0) is 6.54 Å². The van der Waals surface area contributed by atoms with Crippen molar-refractivity contribution in [2.24, 2.45) is 5.92 Å². The average Bonchev–Trinajstić information content (AvgIpc) is 3.23. The SMILES string of the molecule is Cc1ccn(C[C@H](C)CNC(=O)c2nc(-c3ccc(F)cc3)no2)n1. The highest BCUT2D eigenvalue weighted by Crippen LogP contribution is 2.16. The van der Waals surface area contributed by atoms with E-state index >= 15 is 0 Å². The van der Waals surface area contributed by atoms with Crippen molar-refractivity contribution in [3.63, 3.8) is 0 Å². The van der Waals surface area contributed by atoms with Gasteiger partial charge in [-0.1, -0.05) is 12.1 Å². The lowest BCUT2D eigenvalue weighted by atomic mass is 10.2. The van der Waals surface area contributed by atoms with E-state index in [1.54, 1.807) is 0 Å². The van der Waals surface area contributed by atoms with Crippen LogP contribution >= 0.6 is 0 Å². The van der Waals surface area contributed by atoms with Crippen LogP contribution in [0.1, 0.15) is 23.3 Å². The van der Waals surface area contributed by atoms with E-state index in [4.69, 9.17) is 4.52 Å². The maximum Gasteiger partial charge on any atom is 0.316 e. The summed E-state index contributed by atoms with van der Waals surface area (Å²) in [6.45, 7) is 5.08. The number of amides is 1. The van der Waals surface area contributed by atoms with Crippen LogP contribution in [-0.4, -0.2) is 32.4 Å². The molecule has 7 nitrogen and oxygen atoms in total. The molecule has 0 unspecified atom stereocenters. The molecule has 0 aliphatic heterocycles. The monoisotopic (exact) mass is 343 g/mol. The zero-order valence-corrected chi connectivity index (χ0v) is 13.9. The van der Waals surface area contributed by atoms with Crippen molar-refractivity contribution in [3.8, 4) is 11.4 Å². The van der Waals surface area contributed by atoms with Crippen molar-refractivity contribution >= 4 is 5.91 Å². The third kappa shape index (κ3) is 4.28. The molecule has 1 N–H and O–H groups in total. The molecule has 1 amide bonds. The molecule has 0 saturated carbocycles. The minimum atomic E-state index is -0.440. The first-order valence-electron chi connectivity index (χ1n) is 7.89. The van der Waals surface area contributed by atoms with E-state index in [2.05, 4.69) is 20.6 Å². The Bertz CT molecular complexity index is 856. The number of hydrogen-bond acceptors (Lipinski definition) is 5. The van der Waals surface area contributed by atoms with Crippen molar-refractivity contribution in [1.82, 2.24) is 25.2 Å². The molecule has 0 fully saturated rings. The van der Waals surface area contributed by atoms with E-state index in [0.29, 0.717) is 18.7 Å². The molecule has 2 heterocycles. The van der Waals surface area contributed by atoms with Crippen LogP contribution in [0.5, 0.6) is 0 Å². The summed E-state index contributed by atoms with van der Waals surface area (Å²) in [6, 6.07) is 7.57. The number of halogens is 1. The van der Waals surface area contributed by atoms with Gasteiger partial charge in [-0.05, 0) is 43.2 Å². The van der Waals surface area contributed by atoms with Crippen molar-refractivity contribution in [3.05, 3.63) is 53.9 Å². The molecule has 8 heteroatoms. The highest BCUT2D eigenvalue weighted by atomic mass is 19.1. The lowest BCUT2D eigenvalue weighted by molar-refractivity contribution is 0.0902. The van der Waals surface area contributed by atoms with E-state index in [0.717, 1.165) is 5.69 Å². The molecule has 0 bridgehead atoms. The highest BCUT2D eigenvalue weighted by molar-refractivity contribution is 5.89. The molecule has 0 aliphatic rings. The first-order valence-corrected chi connectivity index (χ1v) is 7.89. The molecule has 130 valence electrons. The minimum Gasteiger partial charge on any atom is -0.347 e. The third-order valence-electron chi connectivity index (χ3n) is 3.61. The van der Waals surface area contributed by atoms with Crippen molar-refractivity contribution in [2.75, 3.05) is 6.54 Å². The summed E-state index contributed by atoms with van der Waals surface area (Å²) < 4.78 is 19.8. The Balaban J connectivity index is 1.55. The number of hydrogen-bond donors (Lipinski definition) is 1. The summed E-state index contributed by atoms with van der Waals surface area (Å²) in [7, 11) is 0. The average molecular weight is 343 g/mol. The van der Waals surface area contributed by atoms with Crippen LogP contribution in [0.25, 0.3) is 11.4 Å². The third-order valence-corrected chi connectivity index (χ3v) is 3.61. The second-order valence-corrected chi connectivity index (χ2v) is 5.92. The zero-order valence-electron chi connectivity index (χ0n) is 13.9. The molecule has 2 aromatic heterocycles. The number of nitrogens with one attached hydrogen (secondary N) is 1. The van der Waals surface area contributed by atoms with E-state index < -0.39 is 5.91 Å². The number of carbonyl (C=O) groups excluding carboxylic acids is 1. The first kappa shape index (κ1) is 16.8. The number of rotatable bonds is 6. The molecular weight excluding hydrogens is 325 g/mol. The normalized spacial score (nSPS) is 12.1. The Labute approximate surface area is 143 Å². The molecule has 0 saturated heterocycles. The second kappa shape index (κ2) is 7.25. The molecule has 1 aromatic carbocycles. The topological polar surface area (TPSA) is 85.8 Å². The Morgan fingerprint density at radius 1 is 1.32 bits per heavy atom. The summed E-state index contributed by atoms with van der Waals surface area (Å²) in [5.41, 5.74) is 1.53. The minimum absolute atomic E-state index is 0.124.